The maximum absolute atomic E-state index is 12.4. The lowest BCUT2D eigenvalue weighted by Crippen LogP contribution is -2.40. The number of nitrogens with two attached hydrogens (primary N) is 1. The molecule has 4 nitrogen and oxygen atoms in total. The molecule has 1 amide bonds. The van der Waals surface area contributed by atoms with Gasteiger partial charge >= 0.3 is 0 Å². The first-order valence-electron chi connectivity index (χ1n) is 6.59. The zero-order valence-electron chi connectivity index (χ0n) is 10.6. The average molecular weight is 281 g/mol. The van der Waals surface area contributed by atoms with E-state index >= 15 is 0 Å². The van der Waals surface area contributed by atoms with Crippen molar-refractivity contribution in [2.75, 3.05) is 19.7 Å². The second kappa shape index (κ2) is 5.02. The summed E-state index contributed by atoms with van der Waals surface area (Å²) in [4.78, 5) is 14.3. The summed E-state index contributed by atoms with van der Waals surface area (Å²) in [6.45, 7) is 1.87. The van der Waals surface area contributed by atoms with Gasteiger partial charge in [0.25, 0.3) is 0 Å². The molecular weight excluding hydrogens is 264 g/mol. The van der Waals surface area contributed by atoms with Crippen LogP contribution in [0.2, 0.25) is 5.02 Å². The molecule has 0 radical (unpaired) electrons. The molecule has 1 aromatic rings. The van der Waals surface area contributed by atoms with Crippen LogP contribution in [0.4, 0.5) is 0 Å². The Balaban J connectivity index is 1.73. The number of ether oxygens (including phenoxy) is 1. The van der Waals surface area contributed by atoms with Gasteiger partial charge < -0.3 is 15.4 Å². The first kappa shape index (κ1) is 12.8. The van der Waals surface area contributed by atoms with Crippen LogP contribution < -0.4 is 10.5 Å². The van der Waals surface area contributed by atoms with Crippen molar-refractivity contribution in [3.05, 3.63) is 28.8 Å². The highest BCUT2D eigenvalue weighted by Gasteiger charge is 2.32. The van der Waals surface area contributed by atoms with Gasteiger partial charge in [0.2, 0.25) is 5.91 Å². The van der Waals surface area contributed by atoms with Crippen LogP contribution in [0.1, 0.15) is 12.0 Å². The fraction of sp³-hybridized carbons (Fsp3) is 0.500. The van der Waals surface area contributed by atoms with E-state index in [4.69, 9.17) is 22.1 Å². The summed E-state index contributed by atoms with van der Waals surface area (Å²) >= 11 is 5.98. The lowest BCUT2D eigenvalue weighted by molar-refractivity contribution is -0.135. The maximum atomic E-state index is 12.4. The number of carbonyl (C=O) groups excluding carboxylic acids is 1. The zero-order valence-corrected chi connectivity index (χ0v) is 11.4. The van der Waals surface area contributed by atoms with Crippen LogP contribution in [-0.2, 0) is 11.2 Å². The number of nitrogens with zero attached hydrogens (tertiary/aromatic N) is 1. The Morgan fingerprint density at radius 3 is 3.05 bits per heavy atom. The van der Waals surface area contributed by atoms with Crippen LogP contribution in [-0.4, -0.2) is 36.5 Å². The molecule has 0 aliphatic carbocycles. The van der Waals surface area contributed by atoms with E-state index in [1.807, 2.05) is 23.1 Å². The molecule has 19 heavy (non-hydrogen) atoms. The van der Waals surface area contributed by atoms with Crippen molar-refractivity contribution in [1.29, 1.82) is 0 Å². The topological polar surface area (TPSA) is 55.6 Å². The third-order valence-electron chi connectivity index (χ3n) is 3.81. The van der Waals surface area contributed by atoms with Crippen molar-refractivity contribution in [3.63, 3.8) is 0 Å². The number of likely N-dealkylation sites (tertiary alicyclic amines) is 1. The Hall–Kier alpha value is -1.26. The Morgan fingerprint density at radius 1 is 1.47 bits per heavy atom. The average Bonchev–Trinajstić information content (AvgIpc) is 2.83. The van der Waals surface area contributed by atoms with E-state index in [2.05, 4.69) is 0 Å². The molecule has 0 saturated carbocycles. The van der Waals surface area contributed by atoms with E-state index in [-0.39, 0.29) is 17.9 Å². The van der Waals surface area contributed by atoms with Gasteiger partial charge in [-0.15, -0.1) is 0 Å². The van der Waals surface area contributed by atoms with E-state index in [9.17, 15) is 4.79 Å². The SMILES string of the molecule is N[C@@H]1CCN(C(=O)C2COc3ccc(Cl)cc3C2)C1. The first-order valence-corrected chi connectivity index (χ1v) is 6.97. The molecule has 2 aliphatic heterocycles. The number of amides is 1. The summed E-state index contributed by atoms with van der Waals surface area (Å²) in [5.41, 5.74) is 6.86. The molecule has 5 heteroatoms. The van der Waals surface area contributed by atoms with Gasteiger partial charge in [-0.3, -0.25) is 4.79 Å². The summed E-state index contributed by atoms with van der Waals surface area (Å²) < 4.78 is 5.66. The molecule has 1 saturated heterocycles. The van der Waals surface area contributed by atoms with Gasteiger partial charge in [-0.1, -0.05) is 11.6 Å². The van der Waals surface area contributed by atoms with Crippen LogP contribution in [0.3, 0.4) is 0 Å². The number of fused-ring (bicyclic) bond motifs is 1. The number of hydrogen-bond acceptors (Lipinski definition) is 3. The standard InChI is InChI=1S/C14H17ClN2O2/c15-11-1-2-13-9(6-11)5-10(8-19-13)14(18)17-4-3-12(16)7-17/h1-2,6,10,12H,3-5,7-8,16H2/t10?,12-/m1/s1. The van der Waals surface area contributed by atoms with Crippen LogP contribution in [0.5, 0.6) is 5.75 Å². The molecule has 0 spiro atoms. The maximum Gasteiger partial charge on any atom is 0.229 e. The predicted molar refractivity (Wildman–Crippen MR) is 73.3 cm³/mol. The minimum Gasteiger partial charge on any atom is -0.492 e. The normalized spacial score (nSPS) is 25.9. The van der Waals surface area contributed by atoms with E-state index < -0.39 is 0 Å². The number of rotatable bonds is 1. The van der Waals surface area contributed by atoms with Crippen molar-refractivity contribution in [3.8, 4) is 5.75 Å². The van der Waals surface area contributed by atoms with Gasteiger partial charge in [-0.2, -0.15) is 0 Å². The molecule has 3 rings (SSSR count). The monoisotopic (exact) mass is 280 g/mol. The predicted octanol–water partition coefficient (Wildman–Crippen LogP) is 1.45. The summed E-state index contributed by atoms with van der Waals surface area (Å²) in [6.07, 6.45) is 1.59. The van der Waals surface area contributed by atoms with Gasteiger partial charge in [0.1, 0.15) is 12.4 Å². The first-order chi connectivity index (χ1) is 9.13. The van der Waals surface area contributed by atoms with Crippen molar-refractivity contribution in [2.24, 2.45) is 11.7 Å². The van der Waals surface area contributed by atoms with Gasteiger partial charge in [-0.25, -0.2) is 0 Å². The lowest BCUT2D eigenvalue weighted by atomic mass is 9.95. The molecule has 0 aromatic heterocycles. The fourth-order valence-corrected chi connectivity index (χ4v) is 2.96. The molecule has 2 aliphatic rings. The van der Waals surface area contributed by atoms with Crippen LogP contribution in [0, 0.1) is 5.92 Å². The Labute approximate surface area is 117 Å². The third-order valence-corrected chi connectivity index (χ3v) is 4.05. The second-order valence-electron chi connectivity index (χ2n) is 5.30. The highest BCUT2D eigenvalue weighted by atomic mass is 35.5. The lowest BCUT2D eigenvalue weighted by Gasteiger charge is -2.28. The number of carbonyl (C=O) groups is 1. The van der Waals surface area contributed by atoms with E-state index in [0.29, 0.717) is 24.6 Å². The van der Waals surface area contributed by atoms with E-state index in [0.717, 1.165) is 24.3 Å². The molecule has 1 unspecified atom stereocenters. The van der Waals surface area contributed by atoms with Crippen molar-refractivity contribution < 1.29 is 9.53 Å². The third kappa shape index (κ3) is 2.55. The quantitative estimate of drug-likeness (QED) is 0.847. The van der Waals surface area contributed by atoms with Gasteiger partial charge in [0.15, 0.2) is 0 Å². The Morgan fingerprint density at radius 2 is 2.32 bits per heavy atom. The van der Waals surface area contributed by atoms with Gasteiger partial charge in [-0.05, 0) is 36.6 Å². The second-order valence-corrected chi connectivity index (χ2v) is 5.73. The molecule has 2 heterocycles. The molecular formula is C14H17ClN2O2. The van der Waals surface area contributed by atoms with E-state index in [1.165, 1.54) is 0 Å². The van der Waals surface area contributed by atoms with Gasteiger partial charge in [0.05, 0.1) is 5.92 Å². The molecule has 1 aromatic carbocycles. The highest BCUT2D eigenvalue weighted by molar-refractivity contribution is 6.30. The Bertz CT molecular complexity index is 506. The molecule has 1 fully saturated rings. The van der Waals surface area contributed by atoms with Crippen molar-refractivity contribution >= 4 is 17.5 Å². The zero-order chi connectivity index (χ0) is 13.4. The number of hydrogen-bond donors (Lipinski definition) is 1. The van der Waals surface area contributed by atoms with Crippen molar-refractivity contribution in [1.82, 2.24) is 4.90 Å². The summed E-state index contributed by atoms with van der Waals surface area (Å²) in [7, 11) is 0. The van der Waals surface area contributed by atoms with Crippen LogP contribution in [0.25, 0.3) is 0 Å². The van der Waals surface area contributed by atoms with E-state index in [1.54, 1.807) is 0 Å². The Kier molecular flexibility index (Phi) is 3.37. The minimum atomic E-state index is -0.115. The van der Waals surface area contributed by atoms with Gasteiger partial charge in [0, 0.05) is 24.2 Å². The highest BCUT2D eigenvalue weighted by Crippen LogP contribution is 2.30. The summed E-state index contributed by atoms with van der Waals surface area (Å²) in [6, 6.07) is 5.67. The largest absolute Gasteiger partial charge is 0.492 e. The molecule has 2 atom stereocenters. The minimum absolute atomic E-state index is 0.115. The smallest absolute Gasteiger partial charge is 0.229 e. The fourth-order valence-electron chi connectivity index (χ4n) is 2.77. The molecule has 102 valence electrons. The summed E-state index contributed by atoms with van der Waals surface area (Å²) in [5.74, 6) is 0.876. The summed E-state index contributed by atoms with van der Waals surface area (Å²) in [5, 5.41) is 0.679. The van der Waals surface area contributed by atoms with Crippen molar-refractivity contribution in [2.45, 2.75) is 18.9 Å². The molecule has 2 N–H and O–H groups in total. The van der Waals surface area contributed by atoms with Crippen LogP contribution in [0.15, 0.2) is 18.2 Å². The number of benzene rings is 1. The molecule has 0 bridgehead atoms. The number of halogens is 1. The van der Waals surface area contributed by atoms with Crippen LogP contribution >= 0.6 is 11.6 Å².